The Balaban J connectivity index is 1.35. The van der Waals surface area contributed by atoms with Crippen LogP contribution >= 0.6 is 0 Å². The second-order valence-electron chi connectivity index (χ2n) is 6.61. The highest BCUT2D eigenvalue weighted by Gasteiger charge is 2.23. The first-order chi connectivity index (χ1) is 13.1. The summed E-state index contributed by atoms with van der Waals surface area (Å²) in [6.07, 6.45) is 0. The minimum absolute atomic E-state index is 0.0257. The lowest BCUT2D eigenvalue weighted by Crippen LogP contribution is -2.49. The van der Waals surface area contributed by atoms with Gasteiger partial charge in [-0.15, -0.1) is 5.10 Å². The minimum atomic E-state index is -0.832. The largest absolute Gasteiger partial charge is 0.339 e. The highest BCUT2D eigenvalue weighted by Crippen LogP contribution is 2.15. The molecule has 2 heterocycles. The number of piperazine rings is 1. The van der Waals surface area contributed by atoms with Gasteiger partial charge in [0.1, 0.15) is 12.1 Å². The molecule has 1 aliphatic rings. The van der Waals surface area contributed by atoms with E-state index in [1.54, 1.807) is 15.6 Å². The Labute approximate surface area is 155 Å². The van der Waals surface area contributed by atoms with Gasteiger partial charge >= 0.3 is 0 Å². The molecule has 0 radical (unpaired) electrons. The van der Waals surface area contributed by atoms with Crippen molar-refractivity contribution in [3.63, 3.8) is 0 Å². The summed E-state index contributed by atoms with van der Waals surface area (Å²) >= 11 is 0. The molecule has 0 saturated carbocycles. The first-order valence-corrected chi connectivity index (χ1v) is 8.83. The topological polar surface area (TPSA) is 54.3 Å². The van der Waals surface area contributed by atoms with Crippen molar-refractivity contribution in [2.24, 2.45) is 0 Å². The smallest absolute Gasteiger partial charge is 0.244 e. The second kappa shape index (κ2) is 7.40. The zero-order chi connectivity index (χ0) is 18.8. The summed E-state index contributed by atoms with van der Waals surface area (Å²) in [6.45, 7) is 2.78. The van der Waals surface area contributed by atoms with Gasteiger partial charge in [0.25, 0.3) is 0 Å². The zero-order valence-electron chi connectivity index (χ0n) is 14.7. The lowest BCUT2D eigenvalue weighted by atomic mass is 10.1. The van der Waals surface area contributed by atoms with E-state index in [4.69, 9.17) is 0 Å². The van der Waals surface area contributed by atoms with Crippen LogP contribution in [0.15, 0.2) is 42.5 Å². The van der Waals surface area contributed by atoms with Gasteiger partial charge in [0.05, 0.1) is 5.52 Å². The number of fused-ring (bicyclic) bond motifs is 1. The number of benzene rings is 2. The molecule has 1 fully saturated rings. The first-order valence-electron chi connectivity index (χ1n) is 8.83. The van der Waals surface area contributed by atoms with Crippen LogP contribution in [0.4, 0.5) is 8.78 Å². The number of carbonyl (C=O) groups is 1. The van der Waals surface area contributed by atoms with E-state index >= 15 is 0 Å². The maximum atomic E-state index is 13.8. The van der Waals surface area contributed by atoms with Gasteiger partial charge in [-0.25, -0.2) is 13.5 Å². The Morgan fingerprint density at radius 1 is 1.00 bits per heavy atom. The van der Waals surface area contributed by atoms with Crippen LogP contribution in [-0.4, -0.2) is 56.9 Å². The van der Waals surface area contributed by atoms with Crippen LogP contribution in [0.2, 0.25) is 0 Å². The van der Waals surface area contributed by atoms with Gasteiger partial charge in [0, 0.05) is 38.3 Å². The third-order valence-corrected chi connectivity index (χ3v) is 4.86. The lowest BCUT2D eigenvalue weighted by molar-refractivity contribution is -0.133. The van der Waals surface area contributed by atoms with Gasteiger partial charge in [-0.1, -0.05) is 29.5 Å². The normalized spacial score (nSPS) is 15.4. The third kappa shape index (κ3) is 3.66. The van der Waals surface area contributed by atoms with Crippen molar-refractivity contribution >= 4 is 16.9 Å². The summed E-state index contributed by atoms with van der Waals surface area (Å²) < 4.78 is 28.8. The molecule has 0 unspecified atom stereocenters. The summed E-state index contributed by atoms with van der Waals surface area (Å²) in [5.74, 6) is -1.65. The van der Waals surface area contributed by atoms with Crippen molar-refractivity contribution in [2.45, 2.75) is 13.1 Å². The Hall–Kier alpha value is -2.87. The minimum Gasteiger partial charge on any atom is -0.339 e. The van der Waals surface area contributed by atoms with Crippen LogP contribution in [0.1, 0.15) is 5.56 Å². The average Bonchev–Trinajstić information content (AvgIpc) is 3.09. The molecule has 0 bridgehead atoms. The molecule has 0 N–H and O–H groups in total. The Morgan fingerprint density at radius 3 is 2.59 bits per heavy atom. The molecule has 140 valence electrons. The number of nitrogens with zero attached hydrogens (tertiary/aromatic N) is 5. The fraction of sp³-hybridized carbons (Fsp3) is 0.316. The highest BCUT2D eigenvalue weighted by atomic mass is 19.2. The fourth-order valence-corrected chi connectivity index (χ4v) is 3.33. The van der Waals surface area contributed by atoms with Crippen molar-refractivity contribution in [2.75, 3.05) is 26.2 Å². The van der Waals surface area contributed by atoms with Crippen LogP contribution in [0, 0.1) is 11.6 Å². The van der Waals surface area contributed by atoms with E-state index in [0.29, 0.717) is 38.3 Å². The molecule has 1 aliphatic heterocycles. The van der Waals surface area contributed by atoms with Crippen molar-refractivity contribution < 1.29 is 13.6 Å². The predicted octanol–water partition coefficient (Wildman–Crippen LogP) is 2.05. The highest BCUT2D eigenvalue weighted by molar-refractivity contribution is 5.79. The molecular formula is C19H19F2N5O. The Kier molecular flexibility index (Phi) is 4.81. The van der Waals surface area contributed by atoms with Crippen LogP contribution in [0.3, 0.4) is 0 Å². The summed E-state index contributed by atoms with van der Waals surface area (Å²) in [5.41, 5.74) is 1.92. The van der Waals surface area contributed by atoms with Gasteiger partial charge in [0.15, 0.2) is 11.6 Å². The number of rotatable bonds is 4. The van der Waals surface area contributed by atoms with E-state index in [-0.39, 0.29) is 12.5 Å². The van der Waals surface area contributed by atoms with E-state index in [9.17, 15) is 13.6 Å². The molecule has 0 aliphatic carbocycles. The summed E-state index contributed by atoms with van der Waals surface area (Å²) in [5, 5.41) is 8.11. The molecule has 27 heavy (non-hydrogen) atoms. The maximum Gasteiger partial charge on any atom is 0.244 e. The molecule has 1 aromatic heterocycles. The molecule has 1 amide bonds. The van der Waals surface area contributed by atoms with Crippen LogP contribution < -0.4 is 0 Å². The standard InChI is InChI=1S/C19H19F2N5O/c20-15-5-3-4-14(19(15)21)12-24-8-10-25(11-9-24)18(27)13-26-17-7-2-1-6-16(17)22-23-26/h1-7H,8-13H2. The Morgan fingerprint density at radius 2 is 1.78 bits per heavy atom. The molecule has 3 aromatic rings. The maximum absolute atomic E-state index is 13.8. The molecule has 1 saturated heterocycles. The molecule has 6 nitrogen and oxygen atoms in total. The van der Waals surface area contributed by atoms with E-state index in [1.807, 2.05) is 29.2 Å². The molecule has 0 spiro atoms. The predicted molar refractivity (Wildman–Crippen MR) is 95.7 cm³/mol. The van der Waals surface area contributed by atoms with Crippen molar-refractivity contribution in [3.05, 3.63) is 59.7 Å². The number of halogens is 2. The first kappa shape index (κ1) is 17.5. The number of amides is 1. The SMILES string of the molecule is O=C(Cn1nnc2ccccc21)N1CCN(Cc2cccc(F)c2F)CC1. The molecule has 4 rings (SSSR count). The molecule has 2 aromatic carbocycles. The number of para-hydroxylation sites is 1. The third-order valence-electron chi connectivity index (χ3n) is 4.86. The molecular weight excluding hydrogens is 352 g/mol. The van der Waals surface area contributed by atoms with Crippen LogP contribution in [0.25, 0.3) is 11.0 Å². The summed E-state index contributed by atoms with van der Waals surface area (Å²) in [4.78, 5) is 16.4. The van der Waals surface area contributed by atoms with E-state index < -0.39 is 11.6 Å². The van der Waals surface area contributed by atoms with Crippen LogP contribution in [0.5, 0.6) is 0 Å². The summed E-state index contributed by atoms with van der Waals surface area (Å²) in [6, 6.07) is 11.7. The number of carbonyl (C=O) groups excluding carboxylic acids is 1. The van der Waals surface area contributed by atoms with Crippen molar-refractivity contribution in [1.29, 1.82) is 0 Å². The summed E-state index contributed by atoms with van der Waals surface area (Å²) in [7, 11) is 0. The van der Waals surface area contributed by atoms with E-state index in [2.05, 4.69) is 10.3 Å². The van der Waals surface area contributed by atoms with Gasteiger partial charge in [-0.05, 0) is 18.2 Å². The van der Waals surface area contributed by atoms with Crippen molar-refractivity contribution in [3.8, 4) is 0 Å². The van der Waals surface area contributed by atoms with E-state index in [1.165, 1.54) is 6.07 Å². The number of aromatic nitrogens is 3. The van der Waals surface area contributed by atoms with E-state index in [0.717, 1.165) is 17.1 Å². The van der Waals surface area contributed by atoms with Gasteiger partial charge in [-0.2, -0.15) is 0 Å². The zero-order valence-corrected chi connectivity index (χ0v) is 14.7. The van der Waals surface area contributed by atoms with Crippen LogP contribution in [-0.2, 0) is 17.9 Å². The fourth-order valence-electron chi connectivity index (χ4n) is 3.33. The van der Waals surface area contributed by atoms with Gasteiger partial charge in [0.2, 0.25) is 5.91 Å². The second-order valence-corrected chi connectivity index (χ2v) is 6.61. The molecule has 8 heteroatoms. The lowest BCUT2D eigenvalue weighted by Gasteiger charge is -2.34. The molecule has 0 atom stereocenters. The number of hydrogen-bond acceptors (Lipinski definition) is 4. The average molecular weight is 371 g/mol. The van der Waals surface area contributed by atoms with Gasteiger partial charge in [-0.3, -0.25) is 9.69 Å². The number of hydrogen-bond donors (Lipinski definition) is 0. The quantitative estimate of drug-likeness (QED) is 0.705. The monoisotopic (exact) mass is 371 g/mol. The Bertz CT molecular complexity index is 966. The van der Waals surface area contributed by atoms with Crippen molar-refractivity contribution in [1.82, 2.24) is 24.8 Å². The van der Waals surface area contributed by atoms with Gasteiger partial charge < -0.3 is 4.90 Å².